The Morgan fingerprint density at radius 3 is 2.79 bits per heavy atom. The Kier molecular flexibility index (Phi) is 6.41. The van der Waals surface area contributed by atoms with E-state index in [1.165, 1.54) is 19.2 Å². The number of imidazole rings is 1. The average molecular weight is 533 g/mol. The van der Waals surface area contributed by atoms with E-state index in [1.807, 2.05) is 19.1 Å². The van der Waals surface area contributed by atoms with Crippen LogP contribution in [0, 0.1) is 11.7 Å². The second-order valence-electron chi connectivity index (χ2n) is 11.0. The van der Waals surface area contributed by atoms with E-state index < -0.39 is 18.0 Å². The molecule has 204 valence electrons. The van der Waals surface area contributed by atoms with Crippen molar-refractivity contribution >= 4 is 39.5 Å². The number of aliphatic hydroxyl groups is 1. The predicted octanol–water partition coefficient (Wildman–Crippen LogP) is 5.97. The Labute approximate surface area is 225 Å². The van der Waals surface area contributed by atoms with Crippen molar-refractivity contribution in [2.75, 3.05) is 12.0 Å². The highest BCUT2D eigenvalue weighted by Gasteiger charge is 2.35. The summed E-state index contributed by atoms with van der Waals surface area (Å²) in [6, 6.07) is 8.35. The fourth-order valence-corrected chi connectivity index (χ4v) is 6.65. The van der Waals surface area contributed by atoms with Crippen LogP contribution in [-0.2, 0) is 16.0 Å². The van der Waals surface area contributed by atoms with Crippen molar-refractivity contribution in [2.45, 2.75) is 70.6 Å². The number of halogens is 1. The minimum absolute atomic E-state index is 0.0299. The van der Waals surface area contributed by atoms with E-state index in [0.717, 1.165) is 48.9 Å². The number of carbonyl (C=O) groups excluding carboxylic acids is 2. The molecule has 9 heteroatoms. The molecule has 3 heterocycles. The molecule has 1 fully saturated rings. The Morgan fingerprint density at radius 1 is 1.21 bits per heavy atom. The molecule has 0 unspecified atom stereocenters. The number of aromatic amines is 1. The van der Waals surface area contributed by atoms with Crippen molar-refractivity contribution < 1.29 is 23.8 Å². The number of ether oxygens (including phenoxy) is 1. The van der Waals surface area contributed by atoms with E-state index in [2.05, 4.69) is 9.55 Å². The molecule has 6 rings (SSSR count). The summed E-state index contributed by atoms with van der Waals surface area (Å²) in [5.41, 5.74) is 4.29. The number of rotatable bonds is 4. The molecular formula is C30H33FN4O4. The molecule has 4 atom stereocenters. The Morgan fingerprint density at radius 2 is 2.03 bits per heavy atom. The maximum Gasteiger partial charge on any atom is 0.414 e. The first-order chi connectivity index (χ1) is 18.8. The number of nitrogens with one attached hydrogen (secondary N) is 1. The van der Waals surface area contributed by atoms with Gasteiger partial charge in [0.1, 0.15) is 23.5 Å². The number of hydrogen-bond acceptors (Lipinski definition) is 5. The van der Waals surface area contributed by atoms with Gasteiger partial charge in [0, 0.05) is 40.7 Å². The number of aliphatic hydroxyl groups excluding tert-OH is 1. The molecular weight excluding hydrogens is 499 g/mol. The number of Topliss-reactive ketones (excluding diaryl/α,β-unsaturated/α-hetero) is 1. The number of amides is 1. The third-order valence-corrected chi connectivity index (χ3v) is 8.63. The number of carbonyl (C=O) groups is 2. The van der Waals surface area contributed by atoms with Crippen molar-refractivity contribution in [3.8, 4) is 0 Å². The lowest BCUT2D eigenvalue weighted by Crippen LogP contribution is -2.42. The van der Waals surface area contributed by atoms with Gasteiger partial charge in [0.2, 0.25) is 0 Å². The molecule has 0 radical (unpaired) electrons. The van der Waals surface area contributed by atoms with Gasteiger partial charge in [-0.15, -0.1) is 0 Å². The molecule has 8 nitrogen and oxygen atoms in total. The van der Waals surface area contributed by atoms with Crippen molar-refractivity contribution in [3.63, 3.8) is 0 Å². The molecule has 2 aromatic heterocycles. The van der Waals surface area contributed by atoms with Crippen LogP contribution in [0.2, 0.25) is 0 Å². The van der Waals surface area contributed by atoms with Crippen molar-refractivity contribution in [1.29, 1.82) is 0 Å². The van der Waals surface area contributed by atoms with Gasteiger partial charge in [0.25, 0.3) is 0 Å². The lowest BCUT2D eigenvalue weighted by Gasteiger charge is -2.34. The first kappa shape index (κ1) is 25.6. The molecule has 4 aromatic rings. The van der Waals surface area contributed by atoms with Gasteiger partial charge in [0.05, 0.1) is 29.3 Å². The second kappa shape index (κ2) is 9.79. The highest BCUT2D eigenvalue weighted by molar-refractivity contribution is 5.95. The summed E-state index contributed by atoms with van der Waals surface area (Å²) >= 11 is 0. The van der Waals surface area contributed by atoms with Gasteiger partial charge in [-0.05, 0) is 76.3 Å². The first-order valence-corrected chi connectivity index (χ1v) is 13.6. The number of fused-ring (bicyclic) bond motifs is 4. The number of aromatic nitrogens is 3. The van der Waals surface area contributed by atoms with Crippen LogP contribution in [0.25, 0.3) is 21.9 Å². The molecule has 39 heavy (non-hydrogen) atoms. The number of aryl methyl sites for hydroxylation is 1. The van der Waals surface area contributed by atoms with Gasteiger partial charge in [0.15, 0.2) is 0 Å². The van der Waals surface area contributed by atoms with Crippen LogP contribution in [0.3, 0.4) is 0 Å². The fraction of sp³-hybridized carbons (Fsp3) is 0.433. The largest absolute Gasteiger partial charge is 0.452 e. The number of ketones is 1. The number of H-pyrrole nitrogens is 1. The van der Waals surface area contributed by atoms with Gasteiger partial charge in [-0.2, -0.15) is 0 Å². The zero-order chi connectivity index (χ0) is 27.4. The van der Waals surface area contributed by atoms with Crippen molar-refractivity contribution in [3.05, 3.63) is 59.3 Å². The summed E-state index contributed by atoms with van der Waals surface area (Å²) in [4.78, 5) is 34.9. The molecule has 2 aromatic carbocycles. The SMILES string of the molecule is COC(=O)N1c2ccc3c(nc([C@@H](O)c4cc(F)cc5cc[nH]c45)n3[C@@H]3CCC[C@@H](C(C)=O)C3)c2CC[C@@H]1C. The normalized spacial score (nSPS) is 22.2. The standard InChI is InChI=1S/C30H33FN4O4/c1-16-7-8-22-24(34(16)30(38)39-3)9-10-25-27(22)33-29(35(25)21-6-4-5-18(14-21)17(2)36)28(37)23-15-20(31)13-19-11-12-32-26(19)23/h9-13,15-16,18,21,28,32,37H,4-8,14H2,1-3H3/t16-,18+,21+,28-/m0/s1. The minimum Gasteiger partial charge on any atom is -0.452 e. The third-order valence-electron chi connectivity index (χ3n) is 8.63. The lowest BCUT2D eigenvalue weighted by molar-refractivity contribution is -0.122. The Balaban J connectivity index is 1.57. The highest BCUT2D eigenvalue weighted by atomic mass is 19.1. The molecule has 1 amide bonds. The monoisotopic (exact) mass is 532 g/mol. The maximum absolute atomic E-state index is 14.6. The minimum atomic E-state index is -1.21. The fourth-order valence-electron chi connectivity index (χ4n) is 6.65. The molecule has 1 saturated carbocycles. The smallest absolute Gasteiger partial charge is 0.414 e. The van der Waals surface area contributed by atoms with Crippen LogP contribution in [-0.4, -0.2) is 44.7 Å². The molecule has 2 N–H and O–H groups in total. The van der Waals surface area contributed by atoms with Crippen LogP contribution in [0.1, 0.15) is 75.0 Å². The Bertz CT molecular complexity index is 1590. The lowest BCUT2D eigenvalue weighted by atomic mass is 9.83. The van der Waals surface area contributed by atoms with E-state index >= 15 is 0 Å². The molecule has 1 aliphatic heterocycles. The number of hydrogen-bond donors (Lipinski definition) is 2. The molecule has 0 spiro atoms. The van der Waals surface area contributed by atoms with Gasteiger partial charge in [-0.3, -0.25) is 9.69 Å². The third kappa shape index (κ3) is 4.19. The number of nitrogens with zero attached hydrogens (tertiary/aromatic N) is 3. The molecule has 1 aliphatic carbocycles. The van der Waals surface area contributed by atoms with Crippen LogP contribution in [0.4, 0.5) is 14.9 Å². The summed E-state index contributed by atoms with van der Waals surface area (Å²) < 4.78 is 21.8. The topological polar surface area (TPSA) is 100 Å². The summed E-state index contributed by atoms with van der Waals surface area (Å²) in [5, 5.41) is 12.5. The van der Waals surface area contributed by atoms with Crippen LogP contribution < -0.4 is 4.90 Å². The zero-order valence-electron chi connectivity index (χ0n) is 22.4. The number of anilines is 1. The number of methoxy groups -OCH3 is 1. The Hall–Kier alpha value is -3.72. The van der Waals surface area contributed by atoms with Gasteiger partial charge >= 0.3 is 6.09 Å². The van der Waals surface area contributed by atoms with Crippen LogP contribution >= 0.6 is 0 Å². The molecule has 2 aliphatic rings. The summed E-state index contributed by atoms with van der Waals surface area (Å²) in [6.45, 7) is 3.63. The van der Waals surface area contributed by atoms with Crippen molar-refractivity contribution in [1.82, 2.24) is 14.5 Å². The van der Waals surface area contributed by atoms with E-state index in [-0.39, 0.29) is 23.8 Å². The maximum atomic E-state index is 14.6. The van der Waals surface area contributed by atoms with E-state index in [9.17, 15) is 19.1 Å². The van der Waals surface area contributed by atoms with Crippen molar-refractivity contribution in [2.24, 2.45) is 5.92 Å². The van der Waals surface area contributed by atoms with Crippen LogP contribution in [0.5, 0.6) is 0 Å². The van der Waals surface area contributed by atoms with Crippen LogP contribution in [0.15, 0.2) is 36.5 Å². The first-order valence-electron chi connectivity index (χ1n) is 13.6. The van der Waals surface area contributed by atoms with Gasteiger partial charge in [-0.25, -0.2) is 14.2 Å². The molecule has 0 bridgehead atoms. The van der Waals surface area contributed by atoms with E-state index in [4.69, 9.17) is 9.72 Å². The van der Waals surface area contributed by atoms with E-state index in [1.54, 1.807) is 24.1 Å². The van der Waals surface area contributed by atoms with E-state index in [0.29, 0.717) is 34.2 Å². The summed E-state index contributed by atoms with van der Waals surface area (Å²) in [5.74, 6) is 0.0962. The quantitative estimate of drug-likeness (QED) is 0.338. The summed E-state index contributed by atoms with van der Waals surface area (Å²) in [6.07, 6.45) is 4.80. The molecule has 0 saturated heterocycles. The van der Waals surface area contributed by atoms with Gasteiger partial charge < -0.3 is 19.4 Å². The highest BCUT2D eigenvalue weighted by Crippen LogP contribution is 2.42. The average Bonchev–Trinajstić information content (AvgIpc) is 3.56. The second-order valence-corrected chi connectivity index (χ2v) is 11.0. The predicted molar refractivity (Wildman–Crippen MR) is 146 cm³/mol. The number of benzene rings is 2. The van der Waals surface area contributed by atoms with Gasteiger partial charge in [-0.1, -0.05) is 6.42 Å². The summed E-state index contributed by atoms with van der Waals surface area (Å²) in [7, 11) is 1.37. The zero-order valence-corrected chi connectivity index (χ0v) is 22.4.